The molecule has 3 saturated heterocycles. The first-order valence-electron chi connectivity index (χ1n) is 13.4. The molecule has 0 aromatic carbocycles. The highest BCUT2D eigenvalue weighted by atomic mass is 32.2. The number of likely N-dealkylation sites (tertiary alicyclic amines) is 1. The zero-order chi connectivity index (χ0) is 27.9. The summed E-state index contributed by atoms with van der Waals surface area (Å²) < 4.78 is 50.3. The second-order valence-electron chi connectivity index (χ2n) is 10.3. The molecule has 3 aromatic heterocycles. The predicted molar refractivity (Wildman–Crippen MR) is 153 cm³/mol. The molecule has 0 amide bonds. The van der Waals surface area contributed by atoms with Crippen LogP contribution in [0.15, 0.2) is 12.3 Å². The monoisotopic (exact) mass is 590 g/mol. The van der Waals surface area contributed by atoms with Gasteiger partial charge in [0, 0.05) is 67.8 Å². The predicted octanol–water partition coefficient (Wildman–Crippen LogP) is 2.62. The molecule has 1 N–H and O–H groups in total. The van der Waals surface area contributed by atoms with Crippen LogP contribution in [0.1, 0.15) is 23.3 Å². The van der Waals surface area contributed by atoms with E-state index in [1.54, 1.807) is 23.6 Å². The summed E-state index contributed by atoms with van der Waals surface area (Å²) in [5, 5.41) is 0. The first-order chi connectivity index (χ1) is 19.2. The van der Waals surface area contributed by atoms with Gasteiger partial charge in [0.1, 0.15) is 5.69 Å². The van der Waals surface area contributed by atoms with Gasteiger partial charge in [-0.25, -0.2) is 23.4 Å². The number of rotatable bonds is 7. The minimum atomic E-state index is -3.55. The van der Waals surface area contributed by atoms with Crippen LogP contribution in [-0.4, -0.2) is 100 Å². The lowest BCUT2D eigenvalue weighted by atomic mass is 10.0. The summed E-state index contributed by atoms with van der Waals surface area (Å²) in [7, 11) is -2.09. The van der Waals surface area contributed by atoms with E-state index in [2.05, 4.69) is 26.4 Å². The van der Waals surface area contributed by atoms with E-state index in [0.717, 1.165) is 48.9 Å². The molecule has 6 heterocycles. The Balaban J connectivity index is 1.41. The van der Waals surface area contributed by atoms with Gasteiger partial charge in [-0.3, -0.25) is 9.62 Å². The van der Waals surface area contributed by atoms with Crippen molar-refractivity contribution in [3.63, 3.8) is 0 Å². The third kappa shape index (κ3) is 5.60. The van der Waals surface area contributed by atoms with Crippen molar-refractivity contribution < 1.29 is 27.4 Å². The maximum atomic E-state index is 12.1. The molecule has 14 heteroatoms. The van der Waals surface area contributed by atoms with Crippen molar-refractivity contribution in [2.75, 3.05) is 75.6 Å². The van der Waals surface area contributed by atoms with E-state index in [1.807, 2.05) is 0 Å². The van der Waals surface area contributed by atoms with Crippen molar-refractivity contribution in [3.8, 4) is 17.1 Å². The minimum absolute atomic E-state index is 0.189. The van der Waals surface area contributed by atoms with Gasteiger partial charge in [-0.15, -0.1) is 11.3 Å². The maximum absolute atomic E-state index is 12.1. The Morgan fingerprint density at radius 1 is 1.10 bits per heavy atom. The SMILES string of the molecule is COc1ncc(-c2nc(N3CCOCC3)nc3c(CN4CCC5(CC4)OCCO5)c(C)sc23)cc1NS(C)(=O)=O. The molecule has 40 heavy (non-hydrogen) atoms. The number of morpholine rings is 1. The molecule has 0 saturated carbocycles. The average Bonchev–Trinajstić information content (AvgIpc) is 3.53. The molecule has 6 rings (SSSR count). The summed E-state index contributed by atoms with van der Waals surface area (Å²) in [6, 6.07) is 1.72. The van der Waals surface area contributed by atoms with Gasteiger partial charge < -0.3 is 23.8 Å². The van der Waals surface area contributed by atoms with Crippen LogP contribution in [0.3, 0.4) is 0 Å². The van der Waals surface area contributed by atoms with Crippen LogP contribution < -0.4 is 14.4 Å². The number of anilines is 2. The summed E-state index contributed by atoms with van der Waals surface area (Å²) in [6.45, 7) is 8.59. The summed E-state index contributed by atoms with van der Waals surface area (Å²) in [5.41, 5.74) is 3.74. The quantitative estimate of drug-likeness (QED) is 0.436. The number of methoxy groups -OCH3 is 1. The van der Waals surface area contributed by atoms with Crippen LogP contribution in [-0.2, 0) is 30.8 Å². The third-order valence-corrected chi connectivity index (χ3v) is 9.27. The molecule has 0 radical (unpaired) electrons. The largest absolute Gasteiger partial charge is 0.480 e. The number of pyridine rings is 1. The normalized spacial score (nSPS) is 19.9. The second-order valence-corrected chi connectivity index (χ2v) is 13.3. The van der Waals surface area contributed by atoms with Crippen molar-refractivity contribution in [1.82, 2.24) is 19.9 Å². The van der Waals surface area contributed by atoms with Crippen molar-refractivity contribution >= 4 is 43.2 Å². The van der Waals surface area contributed by atoms with Gasteiger partial charge in [0.25, 0.3) is 0 Å². The molecule has 0 aliphatic carbocycles. The fraction of sp³-hybridized carbons (Fsp3) is 0.577. The molecular formula is C26H34N6O6S2. The molecule has 216 valence electrons. The second kappa shape index (κ2) is 11.0. The van der Waals surface area contributed by atoms with Gasteiger partial charge in [0.05, 0.1) is 55.7 Å². The zero-order valence-electron chi connectivity index (χ0n) is 22.9. The van der Waals surface area contributed by atoms with E-state index in [-0.39, 0.29) is 11.6 Å². The number of fused-ring (bicyclic) bond motifs is 1. The summed E-state index contributed by atoms with van der Waals surface area (Å²) >= 11 is 1.65. The molecule has 0 bridgehead atoms. The smallest absolute Gasteiger partial charge is 0.238 e. The Kier molecular flexibility index (Phi) is 7.57. The number of nitrogens with one attached hydrogen (secondary N) is 1. The van der Waals surface area contributed by atoms with Crippen LogP contribution in [0.25, 0.3) is 21.5 Å². The molecule has 3 fully saturated rings. The van der Waals surface area contributed by atoms with Crippen LogP contribution >= 0.6 is 11.3 Å². The molecule has 12 nitrogen and oxygen atoms in total. The van der Waals surface area contributed by atoms with E-state index in [4.69, 9.17) is 28.9 Å². The summed E-state index contributed by atoms with van der Waals surface area (Å²) in [6.07, 6.45) is 4.46. The Morgan fingerprint density at radius 3 is 2.50 bits per heavy atom. The van der Waals surface area contributed by atoms with E-state index in [1.165, 1.54) is 17.6 Å². The lowest BCUT2D eigenvalue weighted by molar-refractivity contribution is -0.185. The van der Waals surface area contributed by atoms with Crippen LogP contribution in [0.2, 0.25) is 0 Å². The van der Waals surface area contributed by atoms with Crippen molar-refractivity contribution in [3.05, 3.63) is 22.7 Å². The lowest BCUT2D eigenvalue weighted by Crippen LogP contribution is -2.44. The number of piperidine rings is 1. The Morgan fingerprint density at radius 2 is 1.82 bits per heavy atom. The van der Waals surface area contributed by atoms with Crippen LogP contribution in [0.4, 0.5) is 11.6 Å². The Hall–Kier alpha value is -2.62. The molecule has 3 aliphatic heterocycles. The average molecular weight is 591 g/mol. The van der Waals surface area contributed by atoms with E-state index in [0.29, 0.717) is 56.7 Å². The van der Waals surface area contributed by atoms with E-state index < -0.39 is 15.8 Å². The fourth-order valence-electron chi connectivity index (χ4n) is 5.49. The number of hydrogen-bond donors (Lipinski definition) is 1. The number of hydrogen-bond acceptors (Lipinski definition) is 12. The number of thiophene rings is 1. The minimum Gasteiger partial charge on any atom is -0.480 e. The maximum Gasteiger partial charge on any atom is 0.238 e. The molecule has 0 unspecified atom stereocenters. The van der Waals surface area contributed by atoms with Crippen molar-refractivity contribution in [1.29, 1.82) is 0 Å². The van der Waals surface area contributed by atoms with Gasteiger partial charge >= 0.3 is 0 Å². The first-order valence-corrected chi connectivity index (χ1v) is 16.1. The molecule has 3 aliphatic rings. The van der Waals surface area contributed by atoms with Gasteiger partial charge in [-0.05, 0) is 13.0 Å². The number of sulfonamides is 1. The van der Waals surface area contributed by atoms with E-state index in [9.17, 15) is 8.42 Å². The topological polar surface area (TPSA) is 128 Å². The summed E-state index contributed by atoms with van der Waals surface area (Å²) in [4.78, 5) is 20.2. The van der Waals surface area contributed by atoms with Gasteiger partial charge in [0.15, 0.2) is 5.79 Å². The summed E-state index contributed by atoms with van der Waals surface area (Å²) in [5.74, 6) is 0.401. The van der Waals surface area contributed by atoms with Crippen LogP contribution in [0, 0.1) is 6.92 Å². The number of aryl methyl sites for hydroxylation is 1. The highest BCUT2D eigenvalue weighted by Gasteiger charge is 2.40. The molecular weight excluding hydrogens is 556 g/mol. The Bertz CT molecular complexity index is 1490. The molecule has 0 atom stereocenters. The fourth-order valence-corrected chi connectivity index (χ4v) is 7.15. The van der Waals surface area contributed by atoms with Crippen LogP contribution in [0.5, 0.6) is 5.88 Å². The van der Waals surface area contributed by atoms with Crippen molar-refractivity contribution in [2.45, 2.75) is 32.1 Å². The highest BCUT2D eigenvalue weighted by molar-refractivity contribution is 7.92. The molecule has 3 aromatic rings. The third-order valence-electron chi connectivity index (χ3n) is 7.54. The number of ether oxygens (including phenoxy) is 4. The van der Waals surface area contributed by atoms with Gasteiger partial charge in [-0.2, -0.15) is 0 Å². The lowest BCUT2D eigenvalue weighted by Gasteiger charge is -2.37. The number of aromatic nitrogens is 3. The molecule has 1 spiro atoms. The standard InChI is InChI=1S/C26H34N6O6S2/c1-17-19(16-31-6-4-26(5-7-31)37-12-13-38-26)22-23(39-17)21(28-25(29-22)32-8-10-36-11-9-32)18-14-20(30-40(3,33)34)24(35-2)27-15-18/h14-15,30H,4-13,16H2,1-3H3. The van der Waals surface area contributed by atoms with Crippen molar-refractivity contribution in [2.24, 2.45) is 0 Å². The zero-order valence-corrected chi connectivity index (χ0v) is 24.6. The van der Waals surface area contributed by atoms with E-state index >= 15 is 0 Å². The first kappa shape index (κ1) is 27.5. The highest BCUT2D eigenvalue weighted by Crippen LogP contribution is 2.40. The number of nitrogens with zero attached hydrogens (tertiary/aromatic N) is 5. The Labute approximate surface area is 237 Å². The van der Waals surface area contributed by atoms with Gasteiger partial charge in [0.2, 0.25) is 21.9 Å². The van der Waals surface area contributed by atoms with Gasteiger partial charge in [-0.1, -0.05) is 0 Å².